The minimum atomic E-state index is -0.583. The number of nitrogens with zero attached hydrogens (tertiary/aromatic N) is 1. The number of fused-ring (bicyclic) bond motifs is 1. The van der Waals surface area contributed by atoms with E-state index in [4.69, 9.17) is 10.5 Å². The van der Waals surface area contributed by atoms with Crippen molar-refractivity contribution in [2.45, 2.75) is 24.8 Å². The summed E-state index contributed by atoms with van der Waals surface area (Å²) >= 11 is 0. The van der Waals surface area contributed by atoms with Crippen molar-refractivity contribution >= 4 is 11.8 Å². The lowest BCUT2D eigenvalue weighted by atomic mass is 9.84. The summed E-state index contributed by atoms with van der Waals surface area (Å²) in [7, 11) is 0. The van der Waals surface area contributed by atoms with Crippen molar-refractivity contribution in [3.05, 3.63) is 35.4 Å². The molecule has 0 spiro atoms. The number of ether oxygens (including phenoxy) is 1. The fourth-order valence-corrected chi connectivity index (χ4v) is 3.11. The topological polar surface area (TPSA) is 72.6 Å². The van der Waals surface area contributed by atoms with Crippen LogP contribution in [0.5, 0.6) is 0 Å². The van der Waals surface area contributed by atoms with Gasteiger partial charge in [-0.2, -0.15) is 0 Å². The molecule has 2 N–H and O–H groups in total. The zero-order chi connectivity index (χ0) is 14.2. The molecule has 1 aromatic carbocycles. The van der Waals surface area contributed by atoms with Crippen LogP contribution in [0.15, 0.2) is 24.3 Å². The van der Waals surface area contributed by atoms with Gasteiger partial charge in [0.2, 0.25) is 5.91 Å². The first kappa shape index (κ1) is 13.3. The molecule has 1 aromatic rings. The van der Waals surface area contributed by atoms with Gasteiger partial charge in [0.1, 0.15) is 0 Å². The van der Waals surface area contributed by atoms with E-state index in [1.807, 2.05) is 18.2 Å². The average molecular weight is 274 g/mol. The molecule has 2 amide bonds. The van der Waals surface area contributed by atoms with Gasteiger partial charge in [-0.15, -0.1) is 0 Å². The molecule has 106 valence electrons. The number of amides is 2. The molecule has 5 heteroatoms. The molecule has 0 radical (unpaired) electrons. The highest BCUT2D eigenvalue weighted by molar-refractivity contribution is 6.10. The van der Waals surface area contributed by atoms with Gasteiger partial charge in [-0.3, -0.25) is 14.5 Å². The average Bonchev–Trinajstić information content (AvgIpc) is 2.48. The molecule has 0 aliphatic carbocycles. The summed E-state index contributed by atoms with van der Waals surface area (Å²) in [5, 5.41) is 0. The third-order valence-electron chi connectivity index (χ3n) is 4.32. The number of carbonyl (C=O) groups excluding carboxylic acids is 2. The number of imide groups is 1. The molecule has 0 atom stereocenters. The number of benzene rings is 1. The fourth-order valence-electron chi connectivity index (χ4n) is 3.11. The van der Waals surface area contributed by atoms with Crippen molar-refractivity contribution in [3.8, 4) is 0 Å². The Kier molecular flexibility index (Phi) is 3.31. The molecule has 5 nitrogen and oxygen atoms in total. The number of nitrogens with two attached hydrogens (primary N) is 1. The lowest BCUT2D eigenvalue weighted by Crippen LogP contribution is -2.62. The Labute approximate surface area is 117 Å². The van der Waals surface area contributed by atoms with Crippen LogP contribution in [0.2, 0.25) is 0 Å². The molecular formula is C15H18N2O3. The van der Waals surface area contributed by atoms with Crippen molar-refractivity contribution in [3.63, 3.8) is 0 Å². The van der Waals surface area contributed by atoms with Crippen LogP contribution in [-0.4, -0.2) is 42.0 Å². The number of hydrogen-bond donors (Lipinski definition) is 1. The van der Waals surface area contributed by atoms with E-state index in [0.717, 1.165) is 5.56 Å². The standard InChI is InChI=1S/C15H18N2O3/c16-10-15(5-7-20-8-6-15)17-13(18)9-11-3-1-2-4-12(11)14(17)19/h1-4H,5-10,16H2. The molecule has 0 unspecified atom stereocenters. The lowest BCUT2D eigenvalue weighted by molar-refractivity contribution is -0.136. The van der Waals surface area contributed by atoms with Crippen LogP contribution in [0.1, 0.15) is 28.8 Å². The Morgan fingerprint density at radius 1 is 1.20 bits per heavy atom. The van der Waals surface area contributed by atoms with Gasteiger partial charge in [-0.05, 0) is 24.5 Å². The van der Waals surface area contributed by atoms with Crippen LogP contribution in [0.3, 0.4) is 0 Å². The molecule has 2 heterocycles. The predicted molar refractivity (Wildman–Crippen MR) is 73.2 cm³/mol. The first-order valence-corrected chi connectivity index (χ1v) is 6.91. The minimum Gasteiger partial charge on any atom is -0.381 e. The zero-order valence-corrected chi connectivity index (χ0v) is 11.3. The van der Waals surface area contributed by atoms with Gasteiger partial charge in [0.25, 0.3) is 5.91 Å². The molecule has 2 aliphatic heterocycles. The maximum atomic E-state index is 12.7. The fraction of sp³-hybridized carbons (Fsp3) is 0.467. The summed E-state index contributed by atoms with van der Waals surface area (Å²) in [4.78, 5) is 26.5. The Bertz CT molecular complexity index is 550. The first-order valence-electron chi connectivity index (χ1n) is 6.91. The summed E-state index contributed by atoms with van der Waals surface area (Å²) in [6, 6.07) is 7.29. The van der Waals surface area contributed by atoms with Crippen molar-refractivity contribution in [2.75, 3.05) is 19.8 Å². The number of hydrogen-bond acceptors (Lipinski definition) is 4. The molecule has 0 saturated carbocycles. The highest BCUT2D eigenvalue weighted by Crippen LogP contribution is 2.32. The van der Waals surface area contributed by atoms with Gasteiger partial charge in [0.15, 0.2) is 0 Å². The molecule has 2 aliphatic rings. The smallest absolute Gasteiger partial charge is 0.261 e. The predicted octanol–water partition coefficient (Wildman–Crippen LogP) is 0.719. The summed E-state index contributed by atoms with van der Waals surface area (Å²) in [5.74, 6) is -0.370. The Balaban J connectivity index is 2.01. The summed E-state index contributed by atoms with van der Waals surface area (Å²) in [6.07, 6.45) is 1.50. The van der Waals surface area contributed by atoms with E-state index in [0.29, 0.717) is 31.6 Å². The van der Waals surface area contributed by atoms with E-state index >= 15 is 0 Å². The first-order chi connectivity index (χ1) is 9.68. The molecular weight excluding hydrogens is 256 g/mol. The Morgan fingerprint density at radius 2 is 1.90 bits per heavy atom. The van der Waals surface area contributed by atoms with Crippen molar-refractivity contribution in [2.24, 2.45) is 5.73 Å². The van der Waals surface area contributed by atoms with E-state index in [1.165, 1.54) is 4.90 Å². The second-order valence-corrected chi connectivity index (χ2v) is 5.41. The summed E-state index contributed by atoms with van der Waals surface area (Å²) in [6.45, 7) is 1.36. The second kappa shape index (κ2) is 5.00. The highest BCUT2D eigenvalue weighted by atomic mass is 16.5. The van der Waals surface area contributed by atoms with Gasteiger partial charge < -0.3 is 10.5 Å². The van der Waals surface area contributed by atoms with Crippen LogP contribution in [0.25, 0.3) is 0 Å². The SMILES string of the molecule is NCC1(N2C(=O)Cc3ccccc3C2=O)CCOCC1. The number of carbonyl (C=O) groups is 2. The van der Waals surface area contributed by atoms with E-state index in [1.54, 1.807) is 6.07 Å². The van der Waals surface area contributed by atoms with Crippen LogP contribution < -0.4 is 5.73 Å². The van der Waals surface area contributed by atoms with Crippen LogP contribution in [0, 0.1) is 0 Å². The molecule has 1 fully saturated rings. The van der Waals surface area contributed by atoms with Gasteiger partial charge >= 0.3 is 0 Å². The van der Waals surface area contributed by atoms with E-state index in [9.17, 15) is 9.59 Å². The number of rotatable bonds is 2. The maximum absolute atomic E-state index is 12.7. The third kappa shape index (κ3) is 1.94. The Morgan fingerprint density at radius 3 is 2.60 bits per heavy atom. The van der Waals surface area contributed by atoms with Gasteiger partial charge in [-0.25, -0.2) is 0 Å². The van der Waals surface area contributed by atoms with Crippen LogP contribution in [-0.2, 0) is 16.0 Å². The van der Waals surface area contributed by atoms with Crippen molar-refractivity contribution in [1.82, 2.24) is 4.90 Å². The van der Waals surface area contributed by atoms with Gasteiger partial charge in [-0.1, -0.05) is 18.2 Å². The van der Waals surface area contributed by atoms with Gasteiger partial charge in [0.05, 0.1) is 12.0 Å². The van der Waals surface area contributed by atoms with E-state index < -0.39 is 5.54 Å². The minimum absolute atomic E-state index is 0.152. The molecule has 0 aromatic heterocycles. The monoisotopic (exact) mass is 274 g/mol. The molecule has 1 saturated heterocycles. The summed E-state index contributed by atoms with van der Waals surface area (Å²) in [5.41, 5.74) is 6.75. The van der Waals surface area contributed by atoms with Crippen LogP contribution in [0.4, 0.5) is 0 Å². The molecule has 20 heavy (non-hydrogen) atoms. The van der Waals surface area contributed by atoms with E-state index in [2.05, 4.69) is 0 Å². The second-order valence-electron chi connectivity index (χ2n) is 5.41. The quantitative estimate of drug-likeness (QED) is 0.807. The molecule has 3 rings (SSSR count). The van der Waals surface area contributed by atoms with Crippen molar-refractivity contribution < 1.29 is 14.3 Å². The van der Waals surface area contributed by atoms with Crippen LogP contribution >= 0.6 is 0 Å². The lowest BCUT2D eigenvalue weighted by Gasteiger charge is -2.45. The maximum Gasteiger partial charge on any atom is 0.261 e. The van der Waals surface area contributed by atoms with Crippen molar-refractivity contribution in [1.29, 1.82) is 0 Å². The molecule has 0 bridgehead atoms. The van der Waals surface area contributed by atoms with Gasteiger partial charge in [0, 0.05) is 25.3 Å². The Hall–Kier alpha value is -1.72. The normalized spacial score (nSPS) is 21.8. The highest BCUT2D eigenvalue weighted by Gasteiger charge is 2.46. The zero-order valence-electron chi connectivity index (χ0n) is 11.3. The van der Waals surface area contributed by atoms with E-state index in [-0.39, 0.29) is 24.8 Å². The largest absolute Gasteiger partial charge is 0.381 e. The third-order valence-corrected chi connectivity index (χ3v) is 4.32. The summed E-state index contributed by atoms with van der Waals surface area (Å²) < 4.78 is 5.35.